The number of halogens is 2. The number of ether oxygens (including phenoxy) is 2. The molecule has 4 rings (SSSR count). The Morgan fingerprint density at radius 3 is 2.55 bits per heavy atom. The van der Waals surface area contributed by atoms with Gasteiger partial charge in [0.25, 0.3) is 5.91 Å². The normalized spacial score (nSPS) is 14.8. The van der Waals surface area contributed by atoms with E-state index in [4.69, 9.17) is 44.9 Å². The maximum atomic E-state index is 12.9. The van der Waals surface area contributed by atoms with Gasteiger partial charge in [-0.3, -0.25) is 9.69 Å². The van der Waals surface area contributed by atoms with Crippen molar-refractivity contribution in [1.82, 2.24) is 4.90 Å². The highest BCUT2D eigenvalue weighted by Crippen LogP contribution is 2.36. The first-order chi connectivity index (χ1) is 15.9. The summed E-state index contributed by atoms with van der Waals surface area (Å²) in [6.45, 7) is 0.718. The lowest BCUT2D eigenvalue weighted by Gasteiger charge is -2.14. The van der Waals surface area contributed by atoms with Crippen molar-refractivity contribution in [2.24, 2.45) is 0 Å². The highest BCUT2D eigenvalue weighted by molar-refractivity contribution is 8.26. The van der Waals surface area contributed by atoms with Crippen molar-refractivity contribution in [2.75, 3.05) is 7.11 Å². The van der Waals surface area contributed by atoms with Crippen molar-refractivity contribution in [1.29, 1.82) is 0 Å². The summed E-state index contributed by atoms with van der Waals surface area (Å²) in [5.74, 6) is 1.01. The van der Waals surface area contributed by atoms with Gasteiger partial charge in [-0.25, -0.2) is 0 Å². The van der Waals surface area contributed by atoms with Crippen LogP contribution >= 0.6 is 47.2 Å². The van der Waals surface area contributed by atoms with Crippen LogP contribution in [0.1, 0.15) is 16.7 Å². The predicted octanol–water partition coefficient (Wildman–Crippen LogP) is 6.98. The number of amides is 1. The van der Waals surface area contributed by atoms with Crippen LogP contribution in [0.15, 0.2) is 71.6 Å². The standard InChI is InChI=1S/C25H19Cl2NO3S2/c1-30-22-11-17(7-10-21(22)31-15-18-8-9-19(26)13-20(18)27)12-23-24(29)28(25(32)33-23)14-16-5-3-2-4-6-16/h2-13H,14-15H2,1H3. The van der Waals surface area contributed by atoms with E-state index in [9.17, 15) is 4.79 Å². The molecule has 1 amide bonds. The van der Waals surface area contributed by atoms with E-state index in [0.29, 0.717) is 37.3 Å². The first-order valence-corrected chi connectivity index (χ1v) is 12.0. The molecule has 0 aromatic heterocycles. The molecular weight excluding hydrogens is 497 g/mol. The van der Waals surface area contributed by atoms with Gasteiger partial charge in [-0.05, 0) is 41.5 Å². The van der Waals surface area contributed by atoms with E-state index in [1.807, 2.05) is 54.6 Å². The van der Waals surface area contributed by atoms with Crippen LogP contribution in [0.4, 0.5) is 0 Å². The Bertz CT molecular complexity index is 1230. The molecule has 1 saturated heterocycles. The van der Waals surface area contributed by atoms with Crippen molar-refractivity contribution in [2.45, 2.75) is 13.2 Å². The van der Waals surface area contributed by atoms with Crippen molar-refractivity contribution in [3.63, 3.8) is 0 Å². The van der Waals surface area contributed by atoms with Crippen LogP contribution in [-0.4, -0.2) is 22.2 Å². The van der Waals surface area contributed by atoms with E-state index >= 15 is 0 Å². The Morgan fingerprint density at radius 2 is 1.82 bits per heavy atom. The first-order valence-electron chi connectivity index (χ1n) is 9.98. The number of hydrogen-bond acceptors (Lipinski definition) is 5. The average Bonchev–Trinajstić information content (AvgIpc) is 3.07. The fraction of sp³-hybridized carbons (Fsp3) is 0.120. The van der Waals surface area contributed by atoms with Crippen LogP contribution in [-0.2, 0) is 17.9 Å². The maximum Gasteiger partial charge on any atom is 0.266 e. The molecule has 33 heavy (non-hydrogen) atoms. The molecule has 1 fully saturated rings. The summed E-state index contributed by atoms with van der Waals surface area (Å²) in [6, 6.07) is 20.5. The molecule has 0 N–H and O–H groups in total. The fourth-order valence-electron chi connectivity index (χ4n) is 3.24. The summed E-state index contributed by atoms with van der Waals surface area (Å²) in [5.41, 5.74) is 2.65. The van der Waals surface area contributed by atoms with Crippen LogP contribution in [0.3, 0.4) is 0 Å². The van der Waals surface area contributed by atoms with Gasteiger partial charge in [0.05, 0.1) is 18.6 Å². The SMILES string of the molecule is COc1cc(C=C2SC(=S)N(Cc3ccccc3)C2=O)ccc1OCc1ccc(Cl)cc1Cl. The molecule has 0 spiro atoms. The summed E-state index contributed by atoms with van der Waals surface area (Å²) < 4.78 is 12.0. The average molecular weight is 516 g/mol. The molecule has 0 atom stereocenters. The van der Waals surface area contributed by atoms with Gasteiger partial charge in [-0.2, -0.15) is 0 Å². The number of methoxy groups -OCH3 is 1. The Kier molecular flexibility index (Phi) is 7.60. The molecule has 0 radical (unpaired) electrons. The van der Waals surface area contributed by atoms with E-state index in [1.165, 1.54) is 11.8 Å². The van der Waals surface area contributed by atoms with E-state index in [-0.39, 0.29) is 12.5 Å². The van der Waals surface area contributed by atoms with Gasteiger partial charge in [0.15, 0.2) is 11.5 Å². The zero-order valence-electron chi connectivity index (χ0n) is 17.6. The molecule has 1 heterocycles. The summed E-state index contributed by atoms with van der Waals surface area (Å²) in [5, 5.41) is 1.11. The summed E-state index contributed by atoms with van der Waals surface area (Å²) in [4.78, 5) is 15.1. The zero-order valence-corrected chi connectivity index (χ0v) is 20.7. The lowest BCUT2D eigenvalue weighted by molar-refractivity contribution is -0.122. The molecule has 1 aliphatic rings. The fourth-order valence-corrected chi connectivity index (χ4v) is 4.96. The van der Waals surface area contributed by atoms with Crippen molar-refractivity contribution in [3.8, 4) is 11.5 Å². The van der Waals surface area contributed by atoms with Gasteiger partial charge in [-0.15, -0.1) is 0 Å². The first kappa shape index (κ1) is 23.6. The maximum absolute atomic E-state index is 12.9. The Hall–Kier alpha value is -2.51. The monoisotopic (exact) mass is 515 g/mol. The number of benzene rings is 3. The number of thioether (sulfide) groups is 1. The molecular formula is C25H19Cl2NO3S2. The van der Waals surface area contributed by atoms with Crippen LogP contribution in [0.2, 0.25) is 10.0 Å². The molecule has 8 heteroatoms. The van der Waals surface area contributed by atoms with Gasteiger partial charge in [0.2, 0.25) is 0 Å². The second-order valence-corrected chi connectivity index (χ2v) is 9.71. The van der Waals surface area contributed by atoms with Gasteiger partial charge in [-0.1, -0.05) is 89.6 Å². The lowest BCUT2D eigenvalue weighted by Crippen LogP contribution is -2.27. The smallest absolute Gasteiger partial charge is 0.266 e. The summed E-state index contributed by atoms with van der Waals surface area (Å²) >= 11 is 18.9. The van der Waals surface area contributed by atoms with Gasteiger partial charge < -0.3 is 9.47 Å². The number of thiocarbonyl (C=S) groups is 1. The minimum Gasteiger partial charge on any atom is -0.493 e. The van der Waals surface area contributed by atoms with Gasteiger partial charge in [0.1, 0.15) is 10.9 Å². The highest BCUT2D eigenvalue weighted by Gasteiger charge is 2.32. The summed E-state index contributed by atoms with van der Waals surface area (Å²) in [7, 11) is 1.57. The lowest BCUT2D eigenvalue weighted by atomic mass is 10.1. The molecule has 0 saturated carbocycles. The Morgan fingerprint density at radius 1 is 1.03 bits per heavy atom. The van der Waals surface area contributed by atoms with Crippen LogP contribution < -0.4 is 9.47 Å². The van der Waals surface area contributed by atoms with E-state index in [1.54, 1.807) is 30.2 Å². The number of nitrogens with zero attached hydrogens (tertiary/aromatic N) is 1. The molecule has 0 bridgehead atoms. The number of carbonyl (C=O) groups excluding carboxylic acids is 1. The van der Waals surface area contributed by atoms with E-state index in [2.05, 4.69) is 0 Å². The highest BCUT2D eigenvalue weighted by atomic mass is 35.5. The molecule has 3 aromatic rings. The van der Waals surface area contributed by atoms with Crippen molar-refractivity contribution < 1.29 is 14.3 Å². The van der Waals surface area contributed by atoms with Gasteiger partial charge >= 0.3 is 0 Å². The number of carbonyl (C=O) groups is 1. The van der Waals surface area contributed by atoms with Crippen molar-refractivity contribution in [3.05, 3.63) is 98.4 Å². The molecule has 0 unspecified atom stereocenters. The number of hydrogen-bond donors (Lipinski definition) is 0. The Labute approximate surface area is 212 Å². The molecule has 3 aromatic carbocycles. The van der Waals surface area contributed by atoms with E-state index < -0.39 is 0 Å². The molecule has 1 aliphatic heterocycles. The largest absolute Gasteiger partial charge is 0.493 e. The number of rotatable bonds is 7. The van der Waals surface area contributed by atoms with Gasteiger partial charge in [0, 0.05) is 15.6 Å². The second kappa shape index (κ2) is 10.6. The third kappa shape index (κ3) is 5.71. The minimum absolute atomic E-state index is 0.106. The molecule has 4 nitrogen and oxygen atoms in total. The quantitative estimate of drug-likeness (QED) is 0.250. The Balaban J connectivity index is 1.49. The van der Waals surface area contributed by atoms with E-state index in [0.717, 1.165) is 16.7 Å². The minimum atomic E-state index is -0.106. The topological polar surface area (TPSA) is 38.8 Å². The van der Waals surface area contributed by atoms with Crippen LogP contribution in [0.25, 0.3) is 6.08 Å². The third-order valence-corrected chi connectivity index (χ3v) is 6.91. The third-order valence-electron chi connectivity index (χ3n) is 4.94. The van der Waals surface area contributed by atoms with Crippen LogP contribution in [0.5, 0.6) is 11.5 Å². The zero-order chi connectivity index (χ0) is 23.4. The second-order valence-electron chi connectivity index (χ2n) is 7.19. The summed E-state index contributed by atoms with van der Waals surface area (Å²) in [6.07, 6.45) is 1.81. The van der Waals surface area contributed by atoms with Crippen LogP contribution in [0, 0.1) is 0 Å². The molecule has 168 valence electrons. The van der Waals surface area contributed by atoms with Crippen molar-refractivity contribution >= 4 is 63.5 Å². The molecule has 0 aliphatic carbocycles. The predicted molar refractivity (Wildman–Crippen MR) is 139 cm³/mol.